The van der Waals surface area contributed by atoms with Gasteiger partial charge in [-0.05, 0) is 62.1 Å². The molecule has 0 radical (unpaired) electrons. The molecule has 118 valence electrons. The third-order valence-corrected chi connectivity index (χ3v) is 4.66. The first kappa shape index (κ1) is 16.8. The Labute approximate surface area is 136 Å². The molecule has 0 aromatic heterocycles. The fraction of sp³-hybridized carbons (Fsp3) is 0.455. The van der Waals surface area contributed by atoms with E-state index in [9.17, 15) is 0 Å². The van der Waals surface area contributed by atoms with Crippen molar-refractivity contribution >= 4 is 0 Å². The number of rotatable bonds is 8. The average molecular weight is 294 g/mol. The standard InChI is InChI=1S/C22H30/c1-4-8-20(17-21-15-13-18(2)14-16-21)10-7-12-22-11-6-5-9-19(22)3/h5-6,9,11,13-16,20H,4,7-8,10,12,17H2,1-3H3/t20-/m0/s1. The van der Waals surface area contributed by atoms with E-state index in [2.05, 4.69) is 69.3 Å². The summed E-state index contributed by atoms with van der Waals surface area (Å²) in [5.74, 6) is 0.830. The highest BCUT2D eigenvalue weighted by molar-refractivity contribution is 5.25. The molecule has 0 heteroatoms. The predicted octanol–water partition coefficient (Wildman–Crippen LogP) is 6.29. The number of hydrogen-bond donors (Lipinski definition) is 0. The van der Waals surface area contributed by atoms with Crippen LogP contribution in [0.1, 0.15) is 54.9 Å². The Morgan fingerprint density at radius 1 is 0.864 bits per heavy atom. The molecule has 0 spiro atoms. The molecule has 0 fully saturated rings. The second-order valence-electron chi connectivity index (χ2n) is 6.66. The Morgan fingerprint density at radius 2 is 1.59 bits per heavy atom. The van der Waals surface area contributed by atoms with E-state index in [-0.39, 0.29) is 0 Å². The molecule has 0 amide bonds. The Morgan fingerprint density at radius 3 is 2.27 bits per heavy atom. The minimum Gasteiger partial charge on any atom is -0.0654 e. The van der Waals surface area contributed by atoms with Crippen molar-refractivity contribution in [2.24, 2.45) is 5.92 Å². The molecule has 0 heterocycles. The maximum absolute atomic E-state index is 2.31. The molecule has 22 heavy (non-hydrogen) atoms. The average Bonchev–Trinajstić information content (AvgIpc) is 2.51. The van der Waals surface area contributed by atoms with Gasteiger partial charge in [0.25, 0.3) is 0 Å². The van der Waals surface area contributed by atoms with Gasteiger partial charge in [-0.3, -0.25) is 0 Å². The fourth-order valence-electron chi connectivity index (χ4n) is 3.29. The van der Waals surface area contributed by atoms with E-state index in [1.165, 1.54) is 60.8 Å². The van der Waals surface area contributed by atoms with Gasteiger partial charge in [-0.2, -0.15) is 0 Å². The van der Waals surface area contributed by atoms with Gasteiger partial charge >= 0.3 is 0 Å². The minimum absolute atomic E-state index is 0.830. The van der Waals surface area contributed by atoms with Crippen molar-refractivity contribution in [3.05, 3.63) is 70.8 Å². The first-order valence-corrected chi connectivity index (χ1v) is 8.79. The van der Waals surface area contributed by atoms with Gasteiger partial charge < -0.3 is 0 Å². The lowest BCUT2D eigenvalue weighted by atomic mass is 9.89. The van der Waals surface area contributed by atoms with Crippen LogP contribution in [0.3, 0.4) is 0 Å². The zero-order chi connectivity index (χ0) is 15.8. The van der Waals surface area contributed by atoms with E-state index in [4.69, 9.17) is 0 Å². The molecule has 2 aromatic rings. The van der Waals surface area contributed by atoms with Crippen LogP contribution in [-0.4, -0.2) is 0 Å². The Hall–Kier alpha value is -1.56. The molecule has 0 unspecified atom stereocenters. The summed E-state index contributed by atoms with van der Waals surface area (Å²) < 4.78 is 0. The molecule has 0 bridgehead atoms. The van der Waals surface area contributed by atoms with Gasteiger partial charge in [0.2, 0.25) is 0 Å². The van der Waals surface area contributed by atoms with E-state index < -0.39 is 0 Å². The van der Waals surface area contributed by atoms with Gasteiger partial charge in [-0.15, -0.1) is 0 Å². The maximum atomic E-state index is 2.31. The summed E-state index contributed by atoms with van der Waals surface area (Å²) in [4.78, 5) is 0. The van der Waals surface area contributed by atoms with E-state index in [1.807, 2.05) is 0 Å². The monoisotopic (exact) mass is 294 g/mol. The van der Waals surface area contributed by atoms with Crippen LogP contribution in [0.25, 0.3) is 0 Å². The molecule has 0 N–H and O–H groups in total. The van der Waals surface area contributed by atoms with Gasteiger partial charge in [-0.1, -0.05) is 73.9 Å². The van der Waals surface area contributed by atoms with Crippen LogP contribution in [0, 0.1) is 19.8 Å². The first-order chi connectivity index (χ1) is 10.7. The second-order valence-corrected chi connectivity index (χ2v) is 6.66. The number of aryl methyl sites for hydroxylation is 3. The lowest BCUT2D eigenvalue weighted by Gasteiger charge is -2.17. The molecule has 0 aliphatic rings. The summed E-state index contributed by atoms with van der Waals surface area (Å²) in [6.45, 7) is 6.70. The summed E-state index contributed by atoms with van der Waals surface area (Å²) in [7, 11) is 0. The fourth-order valence-corrected chi connectivity index (χ4v) is 3.29. The summed E-state index contributed by atoms with van der Waals surface area (Å²) in [5, 5.41) is 0. The van der Waals surface area contributed by atoms with Crippen molar-refractivity contribution in [2.45, 2.75) is 59.3 Å². The van der Waals surface area contributed by atoms with E-state index >= 15 is 0 Å². The van der Waals surface area contributed by atoms with Crippen molar-refractivity contribution < 1.29 is 0 Å². The lowest BCUT2D eigenvalue weighted by Crippen LogP contribution is -2.05. The van der Waals surface area contributed by atoms with Gasteiger partial charge in [-0.25, -0.2) is 0 Å². The van der Waals surface area contributed by atoms with E-state index in [0.29, 0.717) is 0 Å². The van der Waals surface area contributed by atoms with Crippen molar-refractivity contribution in [3.63, 3.8) is 0 Å². The van der Waals surface area contributed by atoms with Crippen molar-refractivity contribution in [1.82, 2.24) is 0 Å². The summed E-state index contributed by atoms with van der Waals surface area (Å²) >= 11 is 0. The number of benzene rings is 2. The van der Waals surface area contributed by atoms with E-state index in [1.54, 1.807) is 0 Å². The van der Waals surface area contributed by atoms with E-state index in [0.717, 1.165) is 5.92 Å². The molecule has 2 rings (SSSR count). The predicted molar refractivity (Wildman–Crippen MR) is 97.4 cm³/mol. The van der Waals surface area contributed by atoms with Crippen LogP contribution < -0.4 is 0 Å². The molecule has 0 aliphatic heterocycles. The topological polar surface area (TPSA) is 0 Å². The van der Waals surface area contributed by atoms with Gasteiger partial charge in [0.05, 0.1) is 0 Å². The largest absolute Gasteiger partial charge is 0.0654 e. The normalized spacial score (nSPS) is 12.3. The highest BCUT2D eigenvalue weighted by Gasteiger charge is 2.09. The van der Waals surface area contributed by atoms with Gasteiger partial charge in [0.1, 0.15) is 0 Å². The molecule has 1 atom stereocenters. The SMILES string of the molecule is CCC[C@@H](CCCc1ccccc1C)Cc1ccc(C)cc1. The van der Waals surface area contributed by atoms with Crippen LogP contribution in [0.15, 0.2) is 48.5 Å². The first-order valence-electron chi connectivity index (χ1n) is 8.79. The molecule has 0 saturated heterocycles. The Kier molecular flexibility index (Phi) is 6.71. The van der Waals surface area contributed by atoms with Crippen LogP contribution in [0.2, 0.25) is 0 Å². The molecular weight excluding hydrogens is 264 g/mol. The van der Waals surface area contributed by atoms with Crippen molar-refractivity contribution in [1.29, 1.82) is 0 Å². The second kappa shape index (κ2) is 8.78. The molecule has 0 aliphatic carbocycles. The maximum Gasteiger partial charge on any atom is -0.0250 e. The lowest BCUT2D eigenvalue weighted by molar-refractivity contribution is 0.429. The van der Waals surface area contributed by atoms with Crippen LogP contribution in [0.4, 0.5) is 0 Å². The summed E-state index contributed by atoms with van der Waals surface area (Å²) in [5.41, 5.74) is 5.82. The molecule has 0 saturated carbocycles. The highest BCUT2D eigenvalue weighted by Crippen LogP contribution is 2.21. The zero-order valence-corrected chi connectivity index (χ0v) is 14.4. The highest BCUT2D eigenvalue weighted by atomic mass is 14.1. The van der Waals surface area contributed by atoms with Crippen LogP contribution >= 0.6 is 0 Å². The third kappa shape index (κ3) is 5.33. The van der Waals surface area contributed by atoms with Crippen molar-refractivity contribution in [3.8, 4) is 0 Å². The van der Waals surface area contributed by atoms with Crippen LogP contribution in [-0.2, 0) is 12.8 Å². The van der Waals surface area contributed by atoms with Gasteiger partial charge in [0.15, 0.2) is 0 Å². The van der Waals surface area contributed by atoms with Crippen LogP contribution in [0.5, 0.6) is 0 Å². The van der Waals surface area contributed by atoms with Crippen molar-refractivity contribution in [2.75, 3.05) is 0 Å². The molecule has 2 aromatic carbocycles. The Balaban J connectivity index is 1.86. The molecule has 0 nitrogen and oxygen atoms in total. The number of hydrogen-bond acceptors (Lipinski definition) is 0. The third-order valence-electron chi connectivity index (χ3n) is 4.66. The van der Waals surface area contributed by atoms with Gasteiger partial charge in [0, 0.05) is 0 Å². The zero-order valence-electron chi connectivity index (χ0n) is 14.4. The molecular formula is C22H30. The Bertz CT molecular complexity index is 551. The summed E-state index contributed by atoms with van der Waals surface area (Å²) in [6, 6.07) is 17.9. The minimum atomic E-state index is 0.830. The summed E-state index contributed by atoms with van der Waals surface area (Å²) in [6.07, 6.45) is 7.75. The quantitative estimate of drug-likeness (QED) is 0.537. The smallest absolute Gasteiger partial charge is 0.0250 e.